The van der Waals surface area contributed by atoms with Crippen molar-refractivity contribution in [2.24, 2.45) is 5.73 Å². The van der Waals surface area contributed by atoms with E-state index < -0.39 is 6.09 Å². The molecular weight excluding hydrogens is 452 g/mol. The fraction of sp³-hybridized carbons (Fsp3) is 0.280. The first-order valence-corrected chi connectivity index (χ1v) is 11.7. The van der Waals surface area contributed by atoms with Gasteiger partial charge >= 0.3 is 6.09 Å². The molecule has 0 aliphatic heterocycles. The van der Waals surface area contributed by atoms with Crippen LogP contribution in [-0.2, 0) is 30.5 Å². The number of rotatable bonds is 9. The minimum Gasteiger partial charge on any atom is -0.411 e. The number of nitrogens with two attached hydrogens (primary N) is 1. The van der Waals surface area contributed by atoms with Gasteiger partial charge in [0.1, 0.15) is 5.75 Å². The summed E-state index contributed by atoms with van der Waals surface area (Å²) in [4.78, 5) is 41.8. The Morgan fingerprint density at radius 3 is 2.09 bits per heavy atom. The summed E-state index contributed by atoms with van der Waals surface area (Å²) in [6, 6.07) is 14.8. The van der Waals surface area contributed by atoms with Gasteiger partial charge in [0.25, 0.3) is 5.91 Å². The van der Waals surface area contributed by atoms with E-state index in [1.807, 2.05) is 36.4 Å². The molecule has 0 fully saturated rings. The predicted molar refractivity (Wildman–Crippen MR) is 132 cm³/mol. The lowest BCUT2D eigenvalue weighted by atomic mass is 10.0. The second-order valence-corrected chi connectivity index (χ2v) is 9.12. The van der Waals surface area contributed by atoms with Crippen molar-refractivity contribution in [1.82, 2.24) is 9.88 Å². The second-order valence-electron chi connectivity index (χ2n) is 8.03. The van der Waals surface area contributed by atoms with E-state index in [4.69, 9.17) is 10.5 Å². The largest absolute Gasteiger partial charge is 0.411 e. The van der Waals surface area contributed by atoms with Gasteiger partial charge in [0.2, 0.25) is 5.91 Å². The monoisotopic (exact) mass is 480 g/mol. The molecule has 0 saturated heterocycles. The zero-order chi connectivity index (χ0) is 24.7. The van der Waals surface area contributed by atoms with Crippen molar-refractivity contribution in [2.45, 2.75) is 32.6 Å². The molecule has 34 heavy (non-hydrogen) atoms. The third-order valence-corrected chi connectivity index (χ3v) is 6.17. The molecule has 0 saturated carbocycles. The molecule has 3 amide bonds. The van der Waals surface area contributed by atoms with Gasteiger partial charge in [0.15, 0.2) is 5.13 Å². The maximum absolute atomic E-state index is 12.1. The zero-order valence-corrected chi connectivity index (χ0v) is 20.3. The molecule has 2 aromatic carbocycles. The summed E-state index contributed by atoms with van der Waals surface area (Å²) in [5, 5.41) is 3.38. The highest BCUT2D eigenvalue weighted by atomic mass is 32.1. The fourth-order valence-electron chi connectivity index (χ4n) is 3.41. The zero-order valence-electron chi connectivity index (χ0n) is 19.5. The number of carbonyl (C=O) groups excluding carboxylic acids is 3. The van der Waals surface area contributed by atoms with E-state index in [1.165, 1.54) is 18.3 Å². The lowest BCUT2D eigenvalue weighted by Crippen LogP contribution is -2.21. The number of thiazole rings is 1. The molecule has 0 radical (unpaired) electrons. The SMILES string of the molecule is CC(=O)Nc1nc(CCc2ccc(OC(N)=O)cc2)c(CCc2ccc(C(=O)N(C)C)cc2)s1. The normalized spacial score (nSPS) is 10.6. The number of nitrogens with one attached hydrogen (secondary N) is 1. The van der Waals surface area contributed by atoms with Gasteiger partial charge in [-0.25, -0.2) is 9.78 Å². The van der Waals surface area contributed by atoms with Crippen molar-refractivity contribution in [3.05, 3.63) is 75.8 Å². The first kappa shape index (κ1) is 24.9. The Morgan fingerprint density at radius 2 is 1.53 bits per heavy atom. The van der Waals surface area contributed by atoms with Crippen molar-refractivity contribution in [3.8, 4) is 5.75 Å². The number of carbonyl (C=O) groups is 3. The Balaban J connectivity index is 1.68. The van der Waals surface area contributed by atoms with Crippen molar-refractivity contribution in [1.29, 1.82) is 0 Å². The van der Waals surface area contributed by atoms with Crippen molar-refractivity contribution in [3.63, 3.8) is 0 Å². The number of ether oxygens (including phenoxy) is 1. The third-order valence-electron chi connectivity index (χ3n) is 5.10. The van der Waals surface area contributed by atoms with E-state index in [2.05, 4.69) is 10.3 Å². The number of aryl methyl sites for hydroxylation is 4. The standard InChI is InChI=1S/C25H28N4O4S/c1-16(30)27-25-28-21(14-8-18-6-12-20(13-7-18)33-24(26)32)22(34-25)15-9-17-4-10-19(11-5-17)23(31)29(2)3/h4-7,10-13H,8-9,14-15H2,1-3H3,(H2,26,32)(H,27,28,30). The lowest BCUT2D eigenvalue weighted by Gasteiger charge is -2.10. The van der Waals surface area contributed by atoms with Gasteiger partial charge in [-0.05, 0) is 61.1 Å². The van der Waals surface area contributed by atoms with E-state index in [0.29, 0.717) is 22.9 Å². The van der Waals surface area contributed by atoms with Gasteiger partial charge in [-0.2, -0.15) is 0 Å². The van der Waals surface area contributed by atoms with Crippen LogP contribution in [0.15, 0.2) is 48.5 Å². The molecule has 0 atom stereocenters. The summed E-state index contributed by atoms with van der Waals surface area (Å²) >= 11 is 1.49. The summed E-state index contributed by atoms with van der Waals surface area (Å²) in [5.41, 5.74) is 8.84. The smallest absolute Gasteiger partial charge is 0.409 e. The molecular formula is C25H28N4O4S. The summed E-state index contributed by atoms with van der Waals surface area (Å²) in [5.74, 6) is 0.223. The summed E-state index contributed by atoms with van der Waals surface area (Å²) in [6.45, 7) is 1.47. The minimum absolute atomic E-state index is 0.0227. The summed E-state index contributed by atoms with van der Waals surface area (Å²) in [6.07, 6.45) is 2.18. The average Bonchev–Trinajstić information content (AvgIpc) is 3.17. The van der Waals surface area contributed by atoms with Gasteiger partial charge in [-0.3, -0.25) is 9.59 Å². The first-order chi connectivity index (χ1) is 16.2. The molecule has 0 aliphatic carbocycles. The van der Waals surface area contributed by atoms with E-state index in [-0.39, 0.29) is 11.8 Å². The van der Waals surface area contributed by atoms with Crippen molar-refractivity contribution >= 4 is 34.4 Å². The van der Waals surface area contributed by atoms with Crippen LogP contribution in [-0.4, -0.2) is 41.9 Å². The quantitative estimate of drug-likeness (QED) is 0.483. The van der Waals surface area contributed by atoms with Crippen LogP contribution in [0.4, 0.5) is 9.93 Å². The molecule has 3 aromatic rings. The maximum Gasteiger partial charge on any atom is 0.409 e. The molecule has 9 heteroatoms. The number of benzene rings is 2. The molecule has 1 heterocycles. The van der Waals surface area contributed by atoms with E-state index >= 15 is 0 Å². The van der Waals surface area contributed by atoms with Crippen LogP contribution in [0.5, 0.6) is 5.75 Å². The van der Waals surface area contributed by atoms with E-state index in [1.54, 1.807) is 31.1 Å². The predicted octanol–water partition coefficient (Wildman–Crippen LogP) is 3.83. The molecule has 0 aliphatic rings. The fourth-order valence-corrected chi connectivity index (χ4v) is 4.46. The van der Waals surface area contributed by atoms with Crippen LogP contribution >= 0.6 is 11.3 Å². The number of amides is 3. The number of hydrogen-bond acceptors (Lipinski definition) is 6. The molecule has 8 nitrogen and oxygen atoms in total. The highest BCUT2D eigenvalue weighted by molar-refractivity contribution is 7.15. The lowest BCUT2D eigenvalue weighted by molar-refractivity contribution is -0.114. The molecule has 3 N–H and O–H groups in total. The Bertz CT molecular complexity index is 1150. The molecule has 0 unspecified atom stereocenters. The van der Waals surface area contributed by atoms with Gasteiger partial charge in [0.05, 0.1) is 5.69 Å². The Kier molecular flexibility index (Phi) is 8.37. The molecule has 178 valence electrons. The minimum atomic E-state index is -0.843. The average molecular weight is 481 g/mol. The number of primary amides is 1. The van der Waals surface area contributed by atoms with E-state index in [9.17, 15) is 14.4 Å². The highest BCUT2D eigenvalue weighted by Crippen LogP contribution is 2.26. The Morgan fingerprint density at radius 1 is 0.941 bits per heavy atom. The number of aromatic nitrogens is 1. The highest BCUT2D eigenvalue weighted by Gasteiger charge is 2.13. The van der Waals surface area contributed by atoms with Crippen molar-refractivity contribution in [2.75, 3.05) is 19.4 Å². The first-order valence-electron chi connectivity index (χ1n) is 10.8. The second kappa shape index (κ2) is 11.4. The third kappa shape index (κ3) is 7.14. The van der Waals surface area contributed by atoms with Crippen LogP contribution < -0.4 is 15.8 Å². The Hall–Kier alpha value is -3.72. The van der Waals surface area contributed by atoms with Gasteiger partial charge in [-0.1, -0.05) is 24.3 Å². The number of nitrogens with zero attached hydrogens (tertiary/aromatic N) is 2. The Labute approximate surface area is 202 Å². The molecule has 3 rings (SSSR count). The maximum atomic E-state index is 12.1. The number of hydrogen-bond donors (Lipinski definition) is 2. The van der Waals surface area contributed by atoms with E-state index in [0.717, 1.165) is 41.0 Å². The molecule has 1 aromatic heterocycles. The van der Waals surface area contributed by atoms with Crippen LogP contribution in [0.3, 0.4) is 0 Å². The van der Waals surface area contributed by atoms with Crippen LogP contribution in [0, 0.1) is 0 Å². The van der Waals surface area contributed by atoms with Crippen LogP contribution in [0.1, 0.15) is 39.0 Å². The van der Waals surface area contributed by atoms with Crippen LogP contribution in [0.25, 0.3) is 0 Å². The summed E-state index contributed by atoms with van der Waals surface area (Å²) in [7, 11) is 3.47. The number of anilines is 1. The molecule has 0 spiro atoms. The van der Waals surface area contributed by atoms with Crippen LogP contribution in [0.2, 0.25) is 0 Å². The van der Waals surface area contributed by atoms with Gasteiger partial charge in [0, 0.05) is 31.5 Å². The van der Waals surface area contributed by atoms with Crippen molar-refractivity contribution < 1.29 is 19.1 Å². The summed E-state index contributed by atoms with van der Waals surface area (Å²) < 4.78 is 4.86. The van der Waals surface area contributed by atoms with Gasteiger partial charge < -0.3 is 20.7 Å². The molecule has 0 bridgehead atoms. The topological polar surface area (TPSA) is 115 Å². The van der Waals surface area contributed by atoms with Gasteiger partial charge in [-0.15, -0.1) is 11.3 Å².